The summed E-state index contributed by atoms with van der Waals surface area (Å²) in [5.74, 6) is 0. The second-order valence-corrected chi connectivity index (χ2v) is 5.86. The van der Waals surface area contributed by atoms with E-state index in [-0.39, 0.29) is 5.41 Å². The molecule has 96 valence electrons. The Morgan fingerprint density at radius 1 is 1.11 bits per heavy atom. The Labute approximate surface area is 108 Å². The van der Waals surface area contributed by atoms with E-state index in [9.17, 15) is 5.11 Å². The van der Waals surface area contributed by atoms with Crippen molar-refractivity contribution < 1.29 is 5.11 Å². The van der Waals surface area contributed by atoms with Crippen LogP contribution in [0.1, 0.15) is 32.2 Å². The van der Waals surface area contributed by atoms with E-state index in [1.807, 2.05) is 52.0 Å². The Kier molecular flexibility index (Phi) is 3.35. The van der Waals surface area contributed by atoms with Crippen LogP contribution in [0.3, 0.4) is 0 Å². The first-order valence-electron chi connectivity index (χ1n) is 6.28. The Morgan fingerprint density at radius 3 is 2.33 bits per heavy atom. The highest BCUT2D eigenvalue weighted by atomic mass is 16.3. The van der Waals surface area contributed by atoms with E-state index in [4.69, 9.17) is 0 Å². The summed E-state index contributed by atoms with van der Waals surface area (Å²) in [6, 6.07) is 8.09. The first-order chi connectivity index (χ1) is 8.39. The highest BCUT2D eigenvalue weighted by Gasteiger charge is 2.23. The van der Waals surface area contributed by atoms with Crippen molar-refractivity contribution in [3.63, 3.8) is 0 Å². The molecule has 2 rings (SSSR count). The van der Waals surface area contributed by atoms with Crippen LogP contribution in [0.5, 0.6) is 0 Å². The number of hydrogen-bond acceptors (Lipinski definition) is 3. The molecular weight excluding hydrogens is 224 g/mol. The molecule has 0 bridgehead atoms. The topological polar surface area (TPSA) is 46.0 Å². The summed E-state index contributed by atoms with van der Waals surface area (Å²) >= 11 is 0. The molecule has 0 saturated heterocycles. The number of aryl methyl sites for hydroxylation is 1. The zero-order valence-corrected chi connectivity index (χ0v) is 11.4. The molecule has 0 aliphatic rings. The molecule has 0 fully saturated rings. The molecule has 1 aromatic heterocycles. The zero-order chi connectivity index (χ0) is 13.3. The van der Waals surface area contributed by atoms with Crippen LogP contribution < -0.4 is 0 Å². The van der Waals surface area contributed by atoms with E-state index in [1.165, 1.54) is 0 Å². The molecule has 3 nitrogen and oxygen atoms in total. The molecule has 1 N–H and O–H groups in total. The number of hydrogen-bond donors (Lipinski definition) is 1. The van der Waals surface area contributed by atoms with Crippen LogP contribution in [0.25, 0.3) is 10.8 Å². The largest absolute Gasteiger partial charge is 0.392 e. The van der Waals surface area contributed by atoms with Gasteiger partial charge in [-0.25, -0.2) is 0 Å². The predicted molar refractivity (Wildman–Crippen MR) is 73.4 cm³/mol. The number of benzene rings is 1. The van der Waals surface area contributed by atoms with Crippen LogP contribution >= 0.6 is 0 Å². The van der Waals surface area contributed by atoms with Gasteiger partial charge in [-0.05, 0) is 12.3 Å². The number of fused-ring (bicyclic) bond motifs is 1. The highest BCUT2D eigenvalue weighted by Crippen LogP contribution is 2.25. The quantitative estimate of drug-likeness (QED) is 0.883. The second kappa shape index (κ2) is 4.65. The lowest BCUT2D eigenvalue weighted by atomic mass is 9.86. The minimum Gasteiger partial charge on any atom is -0.392 e. The second-order valence-electron chi connectivity index (χ2n) is 5.86. The van der Waals surface area contributed by atoms with Gasteiger partial charge in [0.1, 0.15) is 0 Å². The molecule has 0 saturated carbocycles. The van der Waals surface area contributed by atoms with Crippen LogP contribution in [-0.2, 0) is 6.42 Å². The van der Waals surface area contributed by atoms with Crippen molar-refractivity contribution in [1.29, 1.82) is 0 Å². The van der Waals surface area contributed by atoms with E-state index in [0.29, 0.717) is 6.42 Å². The molecule has 18 heavy (non-hydrogen) atoms. The van der Waals surface area contributed by atoms with Crippen molar-refractivity contribution >= 4 is 10.8 Å². The number of aromatic nitrogens is 2. The third-order valence-electron chi connectivity index (χ3n) is 3.33. The van der Waals surface area contributed by atoms with Gasteiger partial charge in [-0.1, -0.05) is 45.0 Å². The lowest BCUT2D eigenvalue weighted by molar-refractivity contribution is 0.0629. The minimum atomic E-state index is -0.419. The van der Waals surface area contributed by atoms with Gasteiger partial charge in [-0.15, -0.1) is 0 Å². The van der Waals surface area contributed by atoms with Crippen molar-refractivity contribution in [1.82, 2.24) is 10.2 Å². The van der Waals surface area contributed by atoms with Gasteiger partial charge < -0.3 is 5.11 Å². The smallest absolute Gasteiger partial charge is 0.0735 e. The van der Waals surface area contributed by atoms with Gasteiger partial charge in [0.2, 0.25) is 0 Å². The highest BCUT2D eigenvalue weighted by molar-refractivity contribution is 5.86. The molecule has 1 atom stereocenters. The van der Waals surface area contributed by atoms with E-state index < -0.39 is 6.10 Å². The molecule has 2 aromatic rings. The molecule has 0 amide bonds. The minimum absolute atomic E-state index is 0.145. The fourth-order valence-corrected chi connectivity index (χ4v) is 1.93. The number of nitrogens with zero attached hydrogens (tertiary/aromatic N) is 2. The Morgan fingerprint density at radius 2 is 1.72 bits per heavy atom. The lowest BCUT2D eigenvalue weighted by Gasteiger charge is -2.25. The maximum atomic E-state index is 10.2. The molecule has 0 spiro atoms. The Balaban J connectivity index is 2.44. The normalized spacial score (nSPS) is 13.8. The average Bonchev–Trinajstić information content (AvgIpc) is 2.32. The Bertz CT molecular complexity index is 558. The summed E-state index contributed by atoms with van der Waals surface area (Å²) in [7, 11) is 0. The van der Waals surface area contributed by atoms with Crippen molar-refractivity contribution in [2.75, 3.05) is 0 Å². The molecule has 1 aromatic carbocycles. The fraction of sp³-hybridized carbons (Fsp3) is 0.467. The molecule has 1 heterocycles. The van der Waals surface area contributed by atoms with Crippen molar-refractivity contribution in [2.24, 2.45) is 5.41 Å². The summed E-state index contributed by atoms with van der Waals surface area (Å²) < 4.78 is 0. The molecule has 1 unspecified atom stereocenters. The summed E-state index contributed by atoms with van der Waals surface area (Å²) in [5, 5.41) is 20.8. The van der Waals surface area contributed by atoms with Crippen molar-refractivity contribution in [2.45, 2.75) is 40.2 Å². The number of aliphatic hydroxyl groups is 1. The lowest BCUT2D eigenvalue weighted by Crippen LogP contribution is -2.28. The molecule has 0 aliphatic carbocycles. The monoisotopic (exact) mass is 244 g/mol. The van der Waals surface area contributed by atoms with Gasteiger partial charge >= 0.3 is 0 Å². The standard InChI is InChI=1S/C15H20N2O/c1-10-11-7-5-6-8-12(11)13(17-16-10)9-14(18)15(2,3)4/h5-8,14,18H,9H2,1-4H3. The van der Waals surface area contributed by atoms with E-state index in [0.717, 1.165) is 22.2 Å². The molecule has 0 aliphatic heterocycles. The number of rotatable bonds is 2. The van der Waals surface area contributed by atoms with Gasteiger partial charge in [0.05, 0.1) is 17.5 Å². The van der Waals surface area contributed by atoms with Gasteiger partial charge in [-0.2, -0.15) is 10.2 Å². The fourth-order valence-electron chi connectivity index (χ4n) is 1.93. The molecular formula is C15H20N2O. The summed E-state index contributed by atoms with van der Waals surface area (Å²) in [6.45, 7) is 8.05. The first kappa shape index (κ1) is 13.0. The maximum Gasteiger partial charge on any atom is 0.0735 e. The first-order valence-corrected chi connectivity index (χ1v) is 6.28. The summed E-state index contributed by atoms with van der Waals surface area (Å²) in [6.07, 6.45) is 0.120. The van der Waals surface area contributed by atoms with E-state index >= 15 is 0 Å². The van der Waals surface area contributed by atoms with Gasteiger partial charge in [0.25, 0.3) is 0 Å². The van der Waals surface area contributed by atoms with E-state index in [2.05, 4.69) is 10.2 Å². The van der Waals surface area contributed by atoms with Crippen LogP contribution in [0.15, 0.2) is 24.3 Å². The average molecular weight is 244 g/mol. The van der Waals surface area contributed by atoms with Crippen LogP contribution in [0.2, 0.25) is 0 Å². The number of aliphatic hydroxyl groups excluding tert-OH is 1. The zero-order valence-electron chi connectivity index (χ0n) is 11.4. The SMILES string of the molecule is Cc1nnc(CC(O)C(C)(C)C)c2ccccc12. The van der Waals surface area contributed by atoms with Crippen LogP contribution in [-0.4, -0.2) is 21.4 Å². The third-order valence-corrected chi connectivity index (χ3v) is 3.33. The van der Waals surface area contributed by atoms with Crippen LogP contribution in [0, 0.1) is 12.3 Å². The van der Waals surface area contributed by atoms with E-state index in [1.54, 1.807) is 0 Å². The predicted octanol–water partition coefficient (Wildman–Crippen LogP) is 2.89. The maximum absolute atomic E-state index is 10.2. The van der Waals surface area contributed by atoms with Gasteiger partial charge in [0, 0.05) is 17.2 Å². The summed E-state index contributed by atoms with van der Waals surface area (Å²) in [4.78, 5) is 0. The van der Waals surface area contributed by atoms with Gasteiger partial charge in [0.15, 0.2) is 0 Å². The summed E-state index contributed by atoms with van der Waals surface area (Å²) in [5.41, 5.74) is 1.66. The third kappa shape index (κ3) is 2.51. The molecule has 0 radical (unpaired) electrons. The molecule has 3 heteroatoms. The van der Waals surface area contributed by atoms with Crippen molar-refractivity contribution in [3.8, 4) is 0 Å². The van der Waals surface area contributed by atoms with Crippen LogP contribution in [0.4, 0.5) is 0 Å². The van der Waals surface area contributed by atoms with Gasteiger partial charge in [-0.3, -0.25) is 0 Å². The van der Waals surface area contributed by atoms with Crippen molar-refractivity contribution in [3.05, 3.63) is 35.7 Å². The Hall–Kier alpha value is -1.48.